The predicted octanol–water partition coefficient (Wildman–Crippen LogP) is 5.55. The maximum absolute atomic E-state index is 12.5. The minimum absolute atomic E-state index is 0.129. The normalized spacial score (nSPS) is 19.6. The van der Waals surface area contributed by atoms with E-state index in [4.69, 9.17) is 27.9 Å². The van der Waals surface area contributed by atoms with Crippen molar-refractivity contribution in [3.8, 4) is 5.75 Å². The average molecular weight is 493 g/mol. The highest BCUT2D eigenvalue weighted by Gasteiger charge is 2.26. The van der Waals surface area contributed by atoms with Gasteiger partial charge in [0.05, 0.1) is 37.5 Å². The largest absolute Gasteiger partial charge is 0.486 e. The van der Waals surface area contributed by atoms with Crippen molar-refractivity contribution in [1.29, 1.82) is 0 Å². The molecule has 1 aromatic carbocycles. The highest BCUT2D eigenvalue weighted by molar-refractivity contribution is 7.84. The molecule has 0 amide bonds. The third-order valence-electron chi connectivity index (χ3n) is 5.46. The summed E-state index contributed by atoms with van der Waals surface area (Å²) in [7, 11) is -1.24. The van der Waals surface area contributed by atoms with Crippen LogP contribution in [0.25, 0.3) is 11.0 Å². The standard InChI is InChI=1S/C23H26Cl2N4O2S/c1-14-17-9-10-29(22(17)27-13-26-14)15-5-6-16(11-15)31-20-8-7-19(24)21(25)18(20)12-28-32(30)23(2,3)4/h5-10,13,15-16,28H,11-12H2,1-4H3/t15-,16+,32?/m0/s1. The van der Waals surface area contributed by atoms with E-state index in [1.807, 2.05) is 46.0 Å². The molecule has 1 aliphatic carbocycles. The maximum Gasteiger partial charge on any atom is 0.144 e. The Kier molecular flexibility index (Phi) is 6.63. The number of nitrogens with zero attached hydrogens (tertiary/aromatic N) is 3. The highest BCUT2D eigenvalue weighted by atomic mass is 35.5. The van der Waals surface area contributed by atoms with Crippen molar-refractivity contribution in [3.05, 3.63) is 64.2 Å². The molecule has 3 aromatic rings. The molecule has 2 heterocycles. The van der Waals surface area contributed by atoms with E-state index >= 15 is 0 Å². The summed E-state index contributed by atoms with van der Waals surface area (Å²) in [6.07, 6.45) is 8.44. The molecule has 6 nitrogen and oxygen atoms in total. The van der Waals surface area contributed by atoms with Gasteiger partial charge in [-0.3, -0.25) is 0 Å². The fourth-order valence-corrected chi connectivity index (χ4v) is 4.78. The number of nitrogens with one attached hydrogen (secondary N) is 1. The van der Waals surface area contributed by atoms with Gasteiger partial charge in [-0.2, -0.15) is 0 Å². The van der Waals surface area contributed by atoms with Crippen LogP contribution in [0.1, 0.15) is 44.5 Å². The molecule has 0 spiro atoms. The van der Waals surface area contributed by atoms with Gasteiger partial charge in [-0.05, 0) is 52.0 Å². The summed E-state index contributed by atoms with van der Waals surface area (Å²) in [5.41, 5.74) is 2.57. The van der Waals surface area contributed by atoms with Gasteiger partial charge in [0.2, 0.25) is 0 Å². The number of hydrogen-bond acceptors (Lipinski definition) is 4. The van der Waals surface area contributed by atoms with Gasteiger partial charge in [0, 0.05) is 30.1 Å². The number of rotatable bonds is 6. The number of aromatic nitrogens is 3. The molecule has 1 unspecified atom stereocenters. The Morgan fingerprint density at radius 2 is 2.00 bits per heavy atom. The van der Waals surface area contributed by atoms with Gasteiger partial charge in [-0.25, -0.2) is 18.9 Å². The molecule has 32 heavy (non-hydrogen) atoms. The first kappa shape index (κ1) is 23.2. The smallest absolute Gasteiger partial charge is 0.144 e. The molecular formula is C23H26Cl2N4O2S. The van der Waals surface area contributed by atoms with Gasteiger partial charge in [-0.15, -0.1) is 0 Å². The summed E-state index contributed by atoms with van der Waals surface area (Å²) in [5, 5.41) is 1.89. The third-order valence-corrected chi connectivity index (χ3v) is 7.82. The van der Waals surface area contributed by atoms with Crippen LogP contribution in [0.15, 0.2) is 42.9 Å². The van der Waals surface area contributed by atoms with Crippen LogP contribution in [0.3, 0.4) is 0 Å². The van der Waals surface area contributed by atoms with Crippen LogP contribution in [0, 0.1) is 6.92 Å². The van der Waals surface area contributed by atoms with Gasteiger partial charge in [0.25, 0.3) is 0 Å². The quantitative estimate of drug-likeness (QED) is 0.458. The third kappa shape index (κ3) is 4.71. The number of halogens is 2. The van der Waals surface area contributed by atoms with Crippen molar-refractivity contribution in [2.45, 2.75) is 57.6 Å². The van der Waals surface area contributed by atoms with E-state index in [1.54, 1.807) is 12.4 Å². The SMILES string of the molecule is Cc1ncnc2c1ccn2[C@H]1C=C[C@@H](Oc2ccc(Cl)c(Cl)c2CNS(=O)C(C)(C)C)C1. The molecule has 4 rings (SSSR count). The zero-order valence-corrected chi connectivity index (χ0v) is 20.8. The fourth-order valence-electron chi connectivity index (χ4n) is 3.67. The van der Waals surface area contributed by atoms with Crippen LogP contribution >= 0.6 is 23.2 Å². The number of ether oxygens (including phenoxy) is 1. The van der Waals surface area contributed by atoms with Gasteiger partial charge in [0.15, 0.2) is 0 Å². The summed E-state index contributed by atoms with van der Waals surface area (Å²) in [6.45, 7) is 8.00. The lowest BCUT2D eigenvalue weighted by atomic mass is 10.2. The van der Waals surface area contributed by atoms with E-state index in [0.29, 0.717) is 21.4 Å². The molecular weight excluding hydrogens is 467 g/mol. The van der Waals surface area contributed by atoms with Gasteiger partial charge in [0.1, 0.15) is 23.8 Å². The zero-order valence-electron chi connectivity index (χ0n) is 18.4. The summed E-state index contributed by atoms with van der Waals surface area (Å²) < 4.78 is 23.6. The van der Waals surface area contributed by atoms with Crippen molar-refractivity contribution >= 4 is 45.2 Å². The van der Waals surface area contributed by atoms with Crippen LogP contribution < -0.4 is 9.46 Å². The Morgan fingerprint density at radius 1 is 1.22 bits per heavy atom. The lowest BCUT2D eigenvalue weighted by molar-refractivity contribution is 0.234. The van der Waals surface area contributed by atoms with Crippen LogP contribution in [-0.4, -0.2) is 29.6 Å². The zero-order chi connectivity index (χ0) is 23.0. The molecule has 9 heteroatoms. The Bertz CT molecular complexity index is 1200. The minimum atomic E-state index is -1.24. The second-order valence-electron chi connectivity index (χ2n) is 8.80. The van der Waals surface area contributed by atoms with E-state index in [2.05, 4.69) is 31.4 Å². The van der Waals surface area contributed by atoms with E-state index in [9.17, 15) is 4.21 Å². The lowest BCUT2D eigenvalue weighted by Gasteiger charge is -2.21. The number of benzene rings is 1. The van der Waals surface area contributed by atoms with Crippen LogP contribution in [0.4, 0.5) is 0 Å². The molecule has 0 bridgehead atoms. The molecule has 0 fully saturated rings. The molecule has 0 radical (unpaired) electrons. The highest BCUT2D eigenvalue weighted by Crippen LogP contribution is 2.36. The molecule has 3 atom stereocenters. The minimum Gasteiger partial charge on any atom is -0.486 e. The van der Waals surface area contributed by atoms with Gasteiger partial charge >= 0.3 is 0 Å². The Balaban J connectivity index is 1.51. The maximum atomic E-state index is 12.5. The average Bonchev–Trinajstić information content (AvgIpc) is 3.37. The molecule has 0 saturated heterocycles. The first-order chi connectivity index (χ1) is 15.1. The van der Waals surface area contributed by atoms with Crippen LogP contribution in [-0.2, 0) is 17.5 Å². The first-order valence-corrected chi connectivity index (χ1v) is 12.3. The molecule has 0 saturated carbocycles. The van der Waals surface area contributed by atoms with Gasteiger partial charge in [-0.1, -0.05) is 29.3 Å². The monoisotopic (exact) mass is 492 g/mol. The summed E-state index contributed by atoms with van der Waals surface area (Å²) in [6, 6.07) is 5.71. The summed E-state index contributed by atoms with van der Waals surface area (Å²) in [4.78, 5) is 8.73. The second kappa shape index (κ2) is 9.14. The topological polar surface area (TPSA) is 69.0 Å². The molecule has 1 aliphatic rings. The molecule has 170 valence electrons. The lowest BCUT2D eigenvalue weighted by Crippen LogP contribution is -2.33. The van der Waals surface area contributed by atoms with Crippen molar-refractivity contribution in [2.24, 2.45) is 0 Å². The molecule has 1 N–H and O–H groups in total. The number of hydrogen-bond donors (Lipinski definition) is 1. The van der Waals surface area contributed by atoms with Crippen LogP contribution in [0.5, 0.6) is 5.75 Å². The predicted molar refractivity (Wildman–Crippen MR) is 131 cm³/mol. The first-order valence-electron chi connectivity index (χ1n) is 10.4. The van der Waals surface area contributed by atoms with Crippen molar-refractivity contribution < 1.29 is 8.95 Å². The van der Waals surface area contributed by atoms with E-state index < -0.39 is 15.7 Å². The van der Waals surface area contributed by atoms with Crippen LogP contribution in [0.2, 0.25) is 10.0 Å². The molecule has 0 aliphatic heterocycles. The molecule has 2 aromatic heterocycles. The second-order valence-corrected chi connectivity index (χ2v) is 11.6. The number of allylic oxidation sites excluding steroid dienone is 1. The summed E-state index contributed by atoms with van der Waals surface area (Å²) in [5.74, 6) is 0.628. The number of aryl methyl sites for hydroxylation is 1. The van der Waals surface area contributed by atoms with E-state index in [-0.39, 0.29) is 18.7 Å². The van der Waals surface area contributed by atoms with Crippen molar-refractivity contribution in [1.82, 2.24) is 19.3 Å². The van der Waals surface area contributed by atoms with E-state index in [1.165, 1.54) is 0 Å². The summed E-state index contributed by atoms with van der Waals surface area (Å²) >= 11 is 12.7. The van der Waals surface area contributed by atoms with E-state index in [0.717, 1.165) is 23.1 Å². The van der Waals surface area contributed by atoms with Crippen molar-refractivity contribution in [3.63, 3.8) is 0 Å². The Labute approximate surface area is 200 Å². The Morgan fingerprint density at radius 3 is 2.75 bits per heavy atom. The fraction of sp³-hybridized carbons (Fsp3) is 0.391. The van der Waals surface area contributed by atoms with Gasteiger partial charge < -0.3 is 9.30 Å². The Hall–Kier alpha value is -1.93. The number of fused-ring (bicyclic) bond motifs is 1. The van der Waals surface area contributed by atoms with Crippen molar-refractivity contribution in [2.75, 3.05) is 0 Å².